The van der Waals surface area contributed by atoms with Gasteiger partial charge in [-0.1, -0.05) is 0 Å². The van der Waals surface area contributed by atoms with Crippen molar-refractivity contribution in [2.24, 2.45) is 0 Å². The molecule has 1 saturated heterocycles. The summed E-state index contributed by atoms with van der Waals surface area (Å²) in [5.41, 5.74) is 0. The van der Waals surface area contributed by atoms with Gasteiger partial charge in [0.2, 0.25) is 10.9 Å². The monoisotopic (exact) mass is 301 g/mol. The van der Waals surface area contributed by atoms with Crippen molar-refractivity contribution in [2.75, 3.05) is 13.1 Å². The number of rotatable bonds is 3. The van der Waals surface area contributed by atoms with E-state index in [9.17, 15) is 17.6 Å². The maximum Gasteiger partial charge on any atom is 0.263 e. The highest BCUT2D eigenvalue weighted by Crippen LogP contribution is 2.21. The molecule has 8 heteroatoms. The van der Waals surface area contributed by atoms with Crippen molar-refractivity contribution in [1.82, 2.24) is 14.6 Å². The average molecular weight is 301 g/mol. The van der Waals surface area contributed by atoms with E-state index in [0.29, 0.717) is 19.4 Å². The van der Waals surface area contributed by atoms with Crippen LogP contribution in [0.2, 0.25) is 0 Å². The fraction of sp³-hybridized carbons (Fsp3) is 0.500. The van der Waals surface area contributed by atoms with Crippen LogP contribution < -0.4 is 5.32 Å². The van der Waals surface area contributed by atoms with Gasteiger partial charge in [0.1, 0.15) is 0 Å². The first-order valence-corrected chi connectivity index (χ1v) is 7.73. The summed E-state index contributed by atoms with van der Waals surface area (Å²) < 4.78 is 39.5. The van der Waals surface area contributed by atoms with Crippen molar-refractivity contribution in [3.05, 3.63) is 24.1 Å². The van der Waals surface area contributed by atoms with E-state index in [1.165, 1.54) is 23.5 Å². The summed E-state index contributed by atoms with van der Waals surface area (Å²) in [5.74, 6) is -1.08. The van der Waals surface area contributed by atoms with Gasteiger partial charge in [-0.05, 0) is 25.0 Å². The van der Waals surface area contributed by atoms with Crippen LogP contribution >= 0.6 is 0 Å². The van der Waals surface area contributed by atoms with Crippen molar-refractivity contribution in [1.29, 1.82) is 0 Å². The zero-order valence-electron chi connectivity index (χ0n) is 11.0. The number of nitrogens with one attached hydrogen (secondary N) is 1. The summed E-state index contributed by atoms with van der Waals surface area (Å²) in [7, 11) is -3.97. The Hall–Kier alpha value is -1.54. The van der Waals surface area contributed by atoms with Gasteiger partial charge >= 0.3 is 0 Å². The largest absolute Gasteiger partial charge is 0.352 e. The number of halogens is 1. The molecular weight excluding hydrogens is 285 g/mol. The maximum atomic E-state index is 13.6. The molecule has 110 valence electrons. The molecule has 1 fully saturated rings. The highest BCUT2D eigenvalue weighted by molar-refractivity contribution is 7.89. The second-order valence-electron chi connectivity index (χ2n) is 4.69. The molecule has 0 aromatic carbocycles. The van der Waals surface area contributed by atoms with Crippen molar-refractivity contribution in [3.8, 4) is 0 Å². The molecule has 1 aromatic heterocycles. The number of sulfonamides is 1. The number of nitrogens with zero attached hydrogens (tertiary/aromatic N) is 2. The minimum atomic E-state index is -3.97. The molecule has 1 unspecified atom stereocenters. The van der Waals surface area contributed by atoms with Gasteiger partial charge in [-0.15, -0.1) is 0 Å². The third kappa shape index (κ3) is 3.13. The van der Waals surface area contributed by atoms with E-state index >= 15 is 0 Å². The number of piperidine rings is 1. The van der Waals surface area contributed by atoms with E-state index in [2.05, 4.69) is 10.3 Å². The normalized spacial score (nSPS) is 20.6. The van der Waals surface area contributed by atoms with Crippen LogP contribution in [0.3, 0.4) is 0 Å². The summed E-state index contributed by atoms with van der Waals surface area (Å²) in [6, 6.07) is 2.16. The molecule has 0 radical (unpaired) electrons. The molecule has 1 aromatic rings. The lowest BCUT2D eigenvalue weighted by Gasteiger charge is -2.31. The van der Waals surface area contributed by atoms with Crippen LogP contribution in [0.25, 0.3) is 0 Å². The number of pyridine rings is 1. The van der Waals surface area contributed by atoms with Crippen molar-refractivity contribution >= 4 is 15.9 Å². The van der Waals surface area contributed by atoms with Gasteiger partial charge in [-0.3, -0.25) is 4.79 Å². The quantitative estimate of drug-likeness (QED) is 0.882. The standard InChI is InChI=1S/C12H16FN3O3S/c1-9(17)15-10-4-3-7-16(8-10)20(18,19)12-11(13)5-2-6-14-12/h2,5-6,10H,3-4,7-8H2,1H3,(H,15,17). The minimum Gasteiger partial charge on any atom is -0.352 e. The second kappa shape index (κ2) is 5.84. The van der Waals surface area contributed by atoms with Crippen molar-refractivity contribution in [2.45, 2.75) is 30.8 Å². The van der Waals surface area contributed by atoms with Crippen LogP contribution in [-0.2, 0) is 14.8 Å². The Morgan fingerprint density at radius 3 is 2.95 bits per heavy atom. The van der Waals surface area contributed by atoms with E-state index in [4.69, 9.17) is 0 Å². The third-order valence-corrected chi connectivity index (χ3v) is 4.90. The number of carbonyl (C=O) groups is 1. The van der Waals surface area contributed by atoms with Gasteiger partial charge in [0.25, 0.3) is 10.0 Å². The summed E-state index contributed by atoms with van der Waals surface area (Å²) in [5, 5.41) is 2.12. The third-order valence-electron chi connectivity index (χ3n) is 3.10. The lowest BCUT2D eigenvalue weighted by atomic mass is 10.1. The Bertz CT molecular complexity index is 606. The molecule has 6 nitrogen and oxygen atoms in total. The van der Waals surface area contributed by atoms with Gasteiger partial charge in [0.05, 0.1) is 0 Å². The van der Waals surface area contributed by atoms with E-state index in [-0.39, 0.29) is 18.5 Å². The molecule has 0 spiro atoms. The highest BCUT2D eigenvalue weighted by atomic mass is 32.2. The Morgan fingerprint density at radius 2 is 2.30 bits per heavy atom. The average Bonchev–Trinajstić information content (AvgIpc) is 2.38. The smallest absolute Gasteiger partial charge is 0.263 e. The number of amides is 1. The van der Waals surface area contributed by atoms with Crippen LogP contribution in [-0.4, -0.2) is 42.7 Å². The molecule has 1 amide bonds. The van der Waals surface area contributed by atoms with Crippen molar-refractivity contribution < 1.29 is 17.6 Å². The molecule has 1 atom stereocenters. The first-order valence-electron chi connectivity index (χ1n) is 6.29. The zero-order valence-corrected chi connectivity index (χ0v) is 11.9. The van der Waals surface area contributed by atoms with Gasteiger partial charge in [-0.25, -0.2) is 17.8 Å². The summed E-state index contributed by atoms with van der Waals surface area (Å²) in [6.07, 6.45) is 2.56. The van der Waals surface area contributed by atoms with E-state index in [0.717, 1.165) is 6.07 Å². The molecule has 20 heavy (non-hydrogen) atoms. The van der Waals surface area contributed by atoms with E-state index in [1.807, 2.05) is 0 Å². The number of hydrogen-bond acceptors (Lipinski definition) is 4. The fourth-order valence-electron chi connectivity index (χ4n) is 2.25. The highest BCUT2D eigenvalue weighted by Gasteiger charge is 2.33. The predicted molar refractivity (Wildman–Crippen MR) is 69.8 cm³/mol. The summed E-state index contributed by atoms with van der Waals surface area (Å²) in [4.78, 5) is 14.7. The Morgan fingerprint density at radius 1 is 1.55 bits per heavy atom. The van der Waals surface area contributed by atoms with Crippen LogP contribution in [0.15, 0.2) is 23.4 Å². The fourth-order valence-corrected chi connectivity index (χ4v) is 3.75. The molecule has 2 rings (SSSR count). The van der Waals surface area contributed by atoms with Crippen LogP contribution in [0.5, 0.6) is 0 Å². The lowest BCUT2D eigenvalue weighted by Crippen LogP contribution is -2.49. The number of hydrogen-bond donors (Lipinski definition) is 1. The van der Waals surface area contributed by atoms with Crippen molar-refractivity contribution in [3.63, 3.8) is 0 Å². The van der Waals surface area contributed by atoms with Gasteiger partial charge in [0, 0.05) is 32.3 Å². The second-order valence-corrected chi connectivity index (χ2v) is 6.55. The first kappa shape index (κ1) is 14.9. The van der Waals surface area contributed by atoms with Gasteiger partial charge < -0.3 is 5.32 Å². The molecule has 0 saturated carbocycles. The topological polar surface area (TPSA) is 79.4 Å². The van der Waals surface area contributed by atoms with Gasteiger partial charge in [0.15, 0.2) is 5.82 Å². The molecule has 1 N–H and O–H groups in total. The zero-order chi connectivity index (χ0) is 14.8. The molecule has 1 aliphatic rings. The minimum absolute atomic E-state index is 0.137. The number of carbonyl (C=O) groups excluding carboxylic acids is 1. The number of aromatic nitrogens is 1. The van der Waals surface area contributed by atoms with Crippen LogP contribution in [0.1, 0.15) is 19.8 Å². The Labute approximate surface area is 117 Å². The van der Waals surface area contributed by atoms with Crippen LogP contribution in [0, 0.1) is 5.82 Å². The molecule has 2 heterocycles. The Kier molecular flexibility index (Phi) is 4.34. The summed E-state index contributed by atoms with van der Waals surface area (Å²) >= 11 is 0. The molecule has 0 bridgehead atoms. The predicted octanol–water partition coefficient (Wildman–Crippen LogP) is 0.510. The van der Waals surface area contributed by atoms with E-state index in [1.54, 1.807) is 0 Å². The Balaban J connectivity index is 2.22. The van der Waals surface area contributed by atoms with Crippen LogP contribution in [0.4, 0.5) is 4.39 Å². The SMILES string of the molecule is CC(=O)NC1CCCN(S(=O)(=O)c2ncccc2F)C1. The molecule has 0 aliphatic carbocycles. The maximum absolute atomic E-state index is 13.6. The summed E-state index contributed by atoms with van der Waals surface area (Å²) in [6.45, 7) is 1.82. The first-order chi connectivity index (χ1) is 9.41. The van der Waals surface area contributed by atoms with Gasteiger partial charge in [-0.2, -0.15) is 4.31 Å². The van der Waals surface area contributed by atoms with E-state index < -0.39 is 20.9 Å². The molecule has 1 aliphatic heterocycles. The molecular formula is C12H16FN3O3S. The lowest BCUT2D eigenvalue weighted by molar-refractivity contribution is -0.119.